The summed E-state index contributed by atoms with van der Waals surface area (Å²) in [7, 11) is -0.930. The fraction of sp³-hybridized carbons (Fsp3) is 0.824. The number of Topliss-reactive ketones (excluding diaryl/α,β-unsaturated/α-hetero) is 1. The fourth-order valence-corrected chi connectivity index (χ4v) is 2.62. The predicted octanol–water partition coefficient (Wildman–Crippen LogP) is 3.03. The Labute approximate surface area is 151 Å². The third-order valence-corrected chi connectivity index (χ3v) is 8.52. The van der Waals surface area contributed by atoms with Crippen LogP contribution in [0.2, 0.25) is 18.1 Å². The molecule has 1 amide bonds. The third kappa shape index (κ3) is 9.01. The number of hydrogen-bond acceptors (Lipinski definition) is 6. The summed E-state index contributed by atoms with van der Waals surface area (Å²) in [6.07, 6.45) is -0.866. The van der Waals surface area contributed by atoms with Crippen LogP contribution in [0.4, 0.5) is 4.79 Å². The number of nitrogens with one attached hydrogen (secondary N) is 1. The second-order valence-corrected chi connectivity index (χ2v) is 13.3. The zero-order valence-corrected chi connectivity index (χ0v) is 17.9. The Morgan fingerprint density at radius 1 is 1.04 bits per heavy atom. The summed E-state index contributed by atoms with van der Waals surface area (Å²) in [5, 5.41) is 2.60. The summed E-state index contributed by atoms with van der Waals surface area (Å²) in [5.74, 6) is -1.66. The van der Waals surface area contributed by atoms with Crippen LogP contribution in [0.1, 0.15) is 48.0 Å². The highest BCUT2D eigenvalue weighted by Crippen LogP contribution is 2.36. The number of ketones is 1. The Balaban J connectivity index is 5.04. The van der Waals surface area contributed by atoms with Crippen molar-refractivity contribution in [2.24, 2.45) is 0 Å². The number of ether oxygens (including phenoxy) is 2. The Morgan fingerprint density at radius 3 is 1.96 bits per heavy atom. The fourth-order valence-electron chi connectivity index (χ4n) is 1.57. The Hall–Kier alpha value is -1.41. The normalized spacial score (nSPS) is 13.8. The minimum Gasteiger partial charge on any atom is -0.463 e. The molecule has 1 N–H and O–H groups in total. The van der Waals surface area contributed by atoms with Gasteiger partial charge in [-0.2, -0.15) is 0 Å². The van der Waals surface area contributed by atoms with Gasteiger partial charge in [-0.15, -0.1) is 0 Å². The number of carbonyl (C=O) groups is 3. The van der Waals surface area contributed by atoms with Gasteiger partial charge < -0.3 is 19.2 Å². The SMILES string of the molecule is COC(=O)C(=O)CC(CO[Si](C)(C)C(C)(C)C)NC(=O)OC(C)(C)C. The van der Waals surface area contributed by atoms with E-state index in [-0.39, 0.29) is 18.1 Å². The maximum atomic E-state index is 12.0. The minimum absolute atomic E-state index is 0.0180. The van der Waals surface area contributed by atoms with Gasteiger partial charge in [-0.1, -0.05) is 20.8 Å². The quantitative estimate of drug-likeness (QED) is 0.418. The average molecular weight is 376 g/mol. The van der Waals surface area contributed by atoms with Crippen molar-refractivity contribution in [2.75, 3.05) is 13.7 Å². The predicted molar refractivity (Wildman–Crippen MR) is 97.9 cm³/mol. The van der Waals surface area contributed by atoms with Crippen LogP contribution in [0.25, 0.3) is 0 Å². The summed E-state index contributed by atoms with van der Waals surface area (Å²) in [6.45, 7) is 15.8. The van der Waals surface area contributed by atoms with Crippen LogP contribution in [-0.2, 0) is 23.5 Å². The lowest BCUT2D eigenvalue weighted by molar-refractivity contribution is -0.151. The number of amides is 1. The van der Waals surface area contributed by atoms with E-state index in [4.69, 9.17) is 9.16 Å². The molecule has 0 aromatic heterocycles. The molecular weight excluding hydrogens is 342 g/mol. The molecule has 0 aromatic rings. The third-order valence-electron chi connectivity index (χ3n) is 4.02. The highest BCUT2D eigenvalue weighted by molar-refractivity contribution is 6.74. The van der Waals surface area contributed by atoms with Crippen molar-refractivity contribution in [1.82, 2.24) is 5.32 Å². The molecule has 0 bridgehead atoms. The summed E-state index contributed by atoms with van der Waals surface area (Å²) in [5.41, 5.74) is -0.665. The van der Waals surface area contributed by atoms with Crippen LogP contribution in [0, 0.1) is 0 Å². The molecule has 1 unspecified atom stereocenters. The van der Waals surface area contributed by atoms with Crippen LogP contribution in [0.5, 0.6) is 0 Å². The lowest BCUT2D eigenvalue weighted by atomic mass is 10.1. The van der Waals surface area contributed by atoms with Crippen molar-refractivity contribution in [3.05, 3.63) is 0 Å². The molecule has 0 saturated carbocycles. The molecule has 0 radical (unpaired) electrons. The first-order chi connectivity index (χ1) is 11.1. The van der Waals surface area contributed by atoms with E-state index in [9.17, 15) is 14.4 Å². The first kappa shape index (κ1) is 23.6. The molecule has 1 atom stereocenters. The highest BCUT2D eigenvalue weighted by Gasteiger charge is 2.38. The van der Waals surface area contributed by atoms with Crippen LogP contribution in [-0.4, -0.2) is 51.5 Å². The molecule has 0 heterocycles. The number of alkyl carbamates (subject to hydrolysis) is 1. The van der Waals surface area contributed by atoms with E-state index < -0.39 is 37.8 Å². The van der Waals surface area contributed by atoms with Gasteiger partial charge in [0.2, 0.25) is 5.78 Å². The lowest BCUT2D eigenvalue weighted by Gasteiger charge is -2.37. The molecule has 25 heavy (non-hydrogen) atoms. The number of rotatable bonds is 7. The van der Waals surface area contributed by atoms with Gasteiger partial charge >= 0.3 is 12.1 Å². The van der Waals surface area contributed by atoms with Crippen LogP contribution < -0.4 is 5.32 Å². The number of carbonyl (C=O) groups excluding carboxylic acids is 3. The van der Waals surface area contributed by atoms with Crippen molar-refractivity contribution in [1.29, 1.82) is 0 Å². The maximum Gasteiger partial charge on any atom is 0.407 e. The van der Waals surface area contributed by atoms with Gasteiger partial charge in [0.05, 0.1) is 19.8 Å². The lowest BCUT2D eigenvalue weighted by Crippen LogP contribution is -2.48. The van der Waals surface area contributed by atoms with E-state index >= 15 is 0 Å². The summed E-state index contributed by atoms with van der Waals surface area (Å²) < 4.78 is 15.7. The number of esters is 1. The second-order valence-electron chi connectivity index (χ2n) is 8.53. The molecule has 8 heteroatoms. The van der Waals surface area contributed by atoms with Gasteiger partial charge in [-0.25, -0.2) is 9.59 Å². The van der Waals surface area contributed by atoms with E-state index in [1.165, 1.54) is 0 Å². The Kier molecular flexibility index (Phi) is 8.30. The number of methoxy groups -OCH3 is 1. The molecule has 0 fully saturated rings. The standard InChI is InChI=1S/C17H33NO6Si/c1-16(2,3)24-15(21)18-12(10-13(19)14(20)22-7)11-23-25(8,9)17(4,5)6/h12H,10-11H2,1-9H3,(H,18,21). The van der Waals surface area contributed by atoms with Crippen molar-refractivity contribution in [2.45, 2.75) is 77.7 Å². The van der Waals surface area contributed by atoms with Crippen LogP contribution in [0.15, 0.2) is 0 Å². The molecule has 0 aliphatic carbocycles. The van der Waals surface area contributed by atoms with Crippen LogP contribution in [0.3, 0.4) is 0 Å². The topological polar surface area (TPSA) is 90.9 Å². The maximum absolute atomic E-state index is 12.0. The van der Waals surface area contributed by atoms with E-state index in [1.807, 2.05) is 0 Å². The Morgan fingerprint density at radius 2 is 1.56 bits per heavy atom. The van der Waals surface area contributed by atoms with Gasteiger partial charge in [0.25, 0.3) is 0 Å². The molecule has 0 aliphatic heterocycles. The van der Waals surface area contributed by atoms with Crippen LogP contribution >= 0.6 is 0 Å². The monoisotopic (exact) mass is 375 g/mol. The second kappa shape index (κ2) is 8.80. The molecule has 0 spiro atoms. The van der Waals surface area contributed by atoms with E-state index in [2.05, 4.69) is 43.9 Å². The Bertz CT molecular complexity index is 490. The van der Waals surface area contributed by atoms with E-state index in [0.717, 1.165) is 7.11 Å². The van der Waals surface area contributed by atoms with Crippen molar-refractivity contribution >= 4 is 26.2 Å². The van der Waals surface area contributed by atoms with Gasteiger partial charge in [-0.3, -0.25) is 4.79 Å². The van der Waals surface area contributed by atoms with Crippen molar-refractivity contribution < 1.29 is 28.3 Å². The molecule has 0 saturated heterocycles. The molecule has 0 aliphatic rings. The van der Waals surface area contributed by atoms with Gasteiger partial charge in [-0.05, 0) is 38.9 Å². The highest BCUT2D eigenvalue weighted by atomic mass is 28.4. The van der Waals surface area contributed by atoms with E-state index in [1.54, 1.807) is 20.8 Å². The minimum atomic E-state index is -2.07. The zero-order chi connectivity index (χ0) is 20.1. The van der Waals surface area contributed by atoms with Crippen molar-refractivity contribution in [3.63, 3.8) is 0 Å². The molecule has 0 aromatic carbocycles. The van der Waals surface area contributed by atoms with Crippen molar-refractivity contribution in [3.8, 4) is 0 Å². The smallest absolute Gasteiger partial charge is 0.407 e. The van der Waals surface area contributed by atoms with Gasteiger partial charge in [0.1, 0.15) is 5.60 Å². The van der Waals surface area contributed by atoms with E-state index in [0.29, 0.717) is 0 Å². The molecule has 7 nitrogen and oxygen atoms in total. The number of hydrogen-bond donors (Lipinski definition) is 1. The summed E-state index contributed by atoms with van der Waals surface area (Å²) in [6, 6.07) is -0.671. The first-order valence-corrected chi connectivity index (χ1v) is 11.2. The summed E-state index contributed by atoms with van der Waals surface area (Å²) >= 11 is 0. The molecular formula is C17H33NO6Si. The zero-order valence-electron chi connectivity index (χ0n) is 16.9. The molecule has 0 rings (SSSR count). The first-order valence-electron chi connectivity index (χ1n) is 8.33. The summed E-state index contributed by atoms with van der Waals surface area (Å²) in [4.78, 5) is 35.2. The largest absolute Gasteiger partial charge is 0.463 e. The van der Waals surface area contributed by atoms with Gasteiger partial charge in [0.15, 0.2) is 8.32 Å². The average Bonchev–Trinajstić information content (AvgIpc) is 2.40. The van der Waals surface area contributed by atoms with Gasteiger partial charge in [0, 0.05) is 6.42 Å². The molecule has 146 valence electrons.